The first-order valence-corrected chi connectivity index (χ1v) is 4.08. The number of aromatic carboxylic acids is 1. The molecule has 0 fully saturated rings. The lowest BCUT2D eigenvalue weighted by Crippen LogP contribution is -2.06. The molecule has 0 heterocycles. The van der Waals surface area contributed by atoms with Crippen LogP contribution >= 0.6 is 22.6 Å². The van der Waals surface area contributed by atoms with Crippen molar-refractivity contribution < 1.29 is 14.3 Å². The van der Waals surface area contributed by atoms with Gasteiger partial charge in [-0.2, -0.15) is 0 Å². The molecule has 0 saturated carbocycles. The van der Waals surface area contributed by atoms with E-state index in [0.29, 0.717) is 0 Å². The van der Waals surface area contributed by atoms with E-state index < -0.39 is 17.3 Å². The average Bonchev–Trinajstić information content (AvgIpc) is 1.97. The number of nitrogens with two attached hydrogens (primary N) is 1. The summed E-state index contributed by atoms with van der Waals surface area (Å²) in [5.74, 6) is -2.12. The number of hydrogen-bond donors (Lipinski definition) is 2. The highest BCUT2D eigenvalue weighted by atomic mass is 127. The maximum atomic E-state index is 13.0. The number of rotatable bonds is 1. The Hall–Kier alpha value is -0.850. The standard InChI is InChI=1S/C7H5FINO2/c8-6-3(9)1-2-4(10)5(6)7(11)12/h1-2H,10H2,(H,11,12). The number of hydrogen-bond acceptors (Lipinski definition) is 2. The van der Waals surface area contributed by atoms with Gasteiger partial charge >= 0.3 is 5.97 Å². The molecule has 64 valence electrons. The number of nitrogen functional groups attached to an aromatic ring is 1. The number of carboxylic acid groups (broad SMARTS) is 1. The van der Waals surface area contributed by atoms with Crippen LogP contribution in [0.1, 0.15) is 10.4 Å². The minimum atomic E-state index is -1.34. The van der Waals surface area contributed by atoms with Crippen molar-refractivity contribution in [1.29, 1.82) is 0 Å². The largest absolute Gasteiger partial charge is 0.478 e. The first-order chi connectivity index (χ1) is 5.54. The van der Waals surface area contributed by atoms with Gasteiger partial charge in [-0.05, 0) is 34.7 Å². The average molecular weight is 281 g/mol. The van der Waals surface area contributed by atoms with Gasteiger partial charge in [-0.3, -0.25) is 0 Å². The van der Waals surface area contributed by atoms with Gasteiger partial charge in [-0.1, -0.05) is 0 Å². The Labute approximate surface area is 81.5 Å². The second-order valence-corrected chi connectivity index (χ2v) is 3.29. The van der Waals surface area contributed by atoms with Gasteiger partial charge in [0.05, 0.1) is 0 Å². The van der Waals surface area contributed by atoms with Gasteiger partial charge < -0.3 is 10.8 Å². The van der Waals surface area contributed by atoms with E-state index in [2.05, 4.69) is 0 Å². The lowest BCUT2D eigenvalue weighted by Gasteiger charge is -2.02. The van der Waals surface area contributed by atoms with Crippen LogP contribution in [0.4, 0.5) is 10.1 Å². The van der Waals surface area contributed by atoms with Crippen molar-refractivity contribution in [2.75, 3.05) is 5.73 Å². The lowest BCUT2D eigenvalue weighted by atomic mass is 10.2. The lowest BCUT2D eigenvalue weighted by molar-refractivity contribution is 0.0693. The van der Waals surface area contributed by atoms with Crippen LogP contribution in [0.25, 0.3) is 0 Å². The zero-order valence-electron chi connectivity index (χ0n) is 5.84. The van der Waals surface area contributed by atoms with Crippen molar-refractivity contribution in [3.63, 3.8) is 0 Å². The van der Waals surface area contributed by atoms with E-state index in [1.54, 1.807) is 22.6 Å². The van der Waals surface area contributed by atoms with E-state index in [0.717, 1.165) is 0 Å². The van der Waals surface area contributed by atoms with E-state index in [1.165, 1.54) is 12.1 Å². The summed E-state index contributed by atoms with van der Waals surface area (Å²) >= 11 is 1.71. The van der Waals surface area contributed by atoms with Crippen LogP contribution in [-0.2, 0) is 0 Å². The maximum Gasteiger partial charge on any atom is 0.340 e. The molecule has 0 spiro atoms. The quantitative estimate of drug-likeness (QED) is 0.608. The van der Waals surface area contributed by atoms with Gasteiger partial charge in [0.2, 0.25) is 0 Å². The molecule has 0 bridgehead atoms. The topological polar surface area (TPSA) is 63.3 Å². The molecule has 5 heteroatoms. The van der Waals surface area contributed by atoms with Crippen LogP contribution in [0.2, 0.25) is 0 Å². The Morgan fingerprint density at radius 3 is 2.58 bits per heavy atom. The molecule has 12 heavy (non-hydrogen) atoms. The first kappa shape index (κ1) is 9.24. The van der Waals surface area contributed by atoms with Crippen LogP contribution < -0.4 is 5.73 Å². The number of anilines is 1. The summed E-state index contributed by atoms with van der Waals surface area (Å²) in [6.45, 7) is 0. The molecule has 3 nitrogen and oxygen atoms in total. The third-order valence-electron chi connectivity index (χ3n) is 1.34. The van der Waals surface area contributed by atoms with Crippen molar-refractivity contribution in [1.82, 2.24) is 0 Å². The van der Waals surface area contributed by atoms with Crippen molar-refractivity contribution in [2.45, 2.75) is 0 Å². The highest BCUT2D eigenvalue weighted by Gasteiger charge is 2.16. The van der Waals surface area contributed by atoms with Crippen molar-refractivity contribution in [2.24, 2.45) is 0 Å². The predicted molar refractivity (Wildman–Crippen MR) is 50.5 cm³/mol. The molecular weight excluding hydrogens is 276 g/mol. The molecule has 1 rings (SSSR count). The van der Waals surface area contributed by atoms with Crippen LogP contribution in [0.15, 0.2) is 12.1 Å². The Morgan fingerprint density at radius 2 is 2.17 bits per heavy atom. The molecule has 0 aliphatic carbocycles. The second kappa shape index (κ2) is 3.26. The molecule has 0 aliphatic heterocycles. The summed E-state index contributed by atoms with van der Waals surface area (Å²) in [5, 5.41) is 8.55. The van der Waals surface area contributed by atoms with Gasteiger partial charge in [0, 0.05) is 9.26 Å². The van der Waals surface area contributed by atoms with Crippen molar-refractivity contribution >= 4 is 34.2 Å². The summed E-state index contributed by atoms with van der Waals surface area (Å²) in [6, 6.07) is 2.80. The summed E-state index contributed by atoms with van der Waals surface area (Å²) in [5.41, 5.74) is 4.76. The third kappa shape index (κ3) is 1.50. The molecule has 0 aliphatic rings. The van der Waals surface area contributed by atoms with Crippen LogP contribution in [0, 0.1) is 9.39 Å². The monoisotopic (exact) mass is 281 g/mol. The van der Waals surface area contributed by atoms with Gasteiger partial charge in [0.1, 0.15) is 5.56 Å². The maximum absolute atomic E-state index is 13.0. The Balaban J connectivity index is 3.43. The Kier molecular flexibility index (Phi) is 2.51. The smallest absolute Gasteiger partial charge is 0.340 e. The van der Waals surface area contributed by atoms with Crippen molar-refractivity contribution in [3.8, 4) is 0 Å². The summed E-state index contributed by atoms with van der Waals surface area (Å²) < 4.78 is 13.3. The third-order valence-corrected chi connectivity index (χ3v) is 2.17. The molecule has 3 N–H and O–H groups in total. The van der Waals surface area contributed by atoms with Gasteiger partial charge in [0.25, 0.3) is 0 Å². The number of benzene rings is 1. The molecule has 1 aromatic carbocycles. The van der Waals surface area contributed by atoms with Gasteiger partial charge in [-0.25, -0.2) is 9.18 Å². The number of halogens is 2. The predicted octanol–water partition coefficient (Wildman–Crippen LogP) is 1.71. The minimum absolute atomic E-state index is 0.0552. The van der Waals surface area contributed by atoms with Crippen LogP contribution in [0.3, 0.4) is 0 Å². The minimum Gasteiger partial charge on any atom is -0.478 e. The molecule has 0 unspecified atom stereocenters. The summed E-state index contributed by atoms with van der Waals surface area (Å²) in [4.78, 5) is 10.5. The molecular formula is C7H5FINO2. The fourth-order valence-corrected chi connectivity index (χ4v) is 1.23. The molecule has 0 amide bonds. The second-order valence-electron chi connectivity index (χ2n) is 2.13. The fraction of sp³-hybridized carbons (Fsp3) is 0. The molecule has 0 radical (unpaired) electrons. The van der Waals surface area contributed by atoms with Crippen molar-refractivity contribution in [3.05, 3.63) is 27.1 Å². The molecule has 0 saturated heterocycles. The highest BCUT2D eigenvalue weighted by Crippen LogP contribution is 2.20. The normalized spacial score (nSPS) is 9.83. The molecule has 0 atom stereocenters. The zero-order chi connectivity index (χ0) is 9.30. The van der Waals surface area contributed by atoms with E-state index in [4.69, 9.17) is 10.8 Å². The highest BCUT2D eigenvalue weighted by molar-refractivity contribution is 14.1. The first-order valence-electron chi connectivity index (χ1n) is 3.01. The van der Waals surface area contributed by atoms with E-state index in [-0.39, 0.29) is 9.26 Å². The number of carbonyl (C=O) groups is 1. The molecule has 1 aromatic rings. The SMILES string of the molecule is Nc1ccc(I)c(F)c1C(=O)O. The van der Waals surface area contributed by atoms with Gasteiger partial charge in [0.15, 0.2) is 5.82 Å². The summed E-state index contributed by atoms with van der Waals surface area (Å²) in [6.07, 6.45) is 0. The van der Waals surface area contributed by atoms with Gasteiger partial charge in [-0.15, -0.1) is 0 Å². The fourth-order valence-electron chi connectivity index (χ4n) is 0.783. The van der Waals surface area contributed by atoms with Crippen LogP contribution in [-0.4, -0.2) is 11.1 Å². The van der Waals surface area contributed by atoms with Crippen LogP contribution in [0.5, 0.6) is 0 Å². The Morgan fingerprint density at radius 1 is 1.58 bits per heavy atom. The van der Waals surface area contributed by atoms with E-state index >= 15 is 0 Å². The Bertz CT molecular complexity index is 340. The van der Waals surface area contributed by atoms with E-state index in [9.17, 15) is 9.18 Å². The zero-order valence-corrected chi connectivity index (χ0v) is 8.00. The van der Waals surface area contributed by atoms with E-state index in [1.807, 2.05) is 0 Å². The molecule has 0 aromatic heterocycles. The number of carboxylic acids is 1. The summed E-state index contributed by atoms with van der Waals surface area (Å²) in [7, 11) is 0.